The summed E-state index contributed by atoms with van der Waals surface area (Å²) in [4.78, 5) is 15.3. The normalized spacial score (nSPS) is 19.9. The van der Waals surface area contributed by atoms with Crippen molar-refractivity contribution in [1.29, 1.82) is 0 Å². The Kier molecular flexibility index (Phi) is 4.98. The van der Waals surface area contributed by atoms with Crippen molar-refractivity contribution in [2.24, 2.45) is 5.92 Å². The monoisotopic (exact) mass is 313 g/mol. The Balaban J connectivity index is 2.05. The van der Waals surface area contributed by atoms with Gasteiger partial charge in [0.1, 0.15) is 5.82 Å². The van der Waals surface area contributed by atoms with Gasteiger partial charge in [-0.05, 0) is 37.8 Å². The Hall–Kier alpha value is -1.43. The second-order valence-corrected chi connectivity index (χ2v) is 6.88. The minimum absolute atomic E-state index is 0.124. The first-order chi connectivity index (χ1) is 9.97. The van der Waals surface area contributed by atoms with Crippen molar-refractivity contribution in [2.45, 2.75) is 20.3 Å². The van der Waals surface area contributed by atoms with Gasteiger partial charge in [-0.2, -0.15) is 4.98 Å². The lowest BCUT2D eigenvalue weighted by molar-refractivity contribution is 0.219. The van der Waals surface area contributed by atoms with Crippen LogP contribution >= 0.6 is 7.60 Å². The summed E-state index contributed by atoms with van der Waals surface area (Å²) < 4.78 is 24.3. The van der Waals surface area contributed by atoms with Crippen LogP contribution < -0.4 is 11.4 Å². The van der Waals surface area contributed by atoms with Crippen LogP contribution in [0, 0.1) is 5.92 Å². The molecule has 1 aliphatic carbocycles. The van der Waals surface area contributed by atoms with E-state index in [1.807, 2.05) is 0 Å². The molecule has 1 aromatic rings. The zero-order valence-corrected chi connectivity index (χ0v) is 13.1. The highest BCUT2D eigenvalue weighted by molar-refractivity contribution is 7.53. The standard InChI is InChI=1S/C13H20N3O4P/c1-3-19-21(18,20-4-2)9-11-7-10(11)8-16-6-5-12(14)15-13(16)17/h5-6,8,11H,3-4,7,9H2,1-2H3,(H2,14,15,17)/b10-8-. The molecule has 0 aliphatic heterocycles. The summed E-state index contributed by atoms with van der Waals surface area (Å²) in [6.45, 7) is 4.28. The van der Waals surface area contributed by atoms with Crippen molar-refractivity contribution in [1.82, 2.24) is 9.55 Å². The van der Waals surface area contributed by atoms with Gasteiger partial charge in [0, 0.05) is 12.4 Å². The molecule has 0 bridgehead atoms. The predicted octanol–water partition coefficient (Wildman–Crippen LogP) is 1.95. The van der Waals surface area contributed by atoms with Gasteiger partial charge in [0.2, 0.25) is 0 Å². The van der Waals surface area contributed by atoms with Crippen LogP contribution in [-0.2, 0) is 13.6 Å². The molecule has 2 N–H and O–H groups in total. The van der Waals surface area contributed by atoms with E-state index in [4.69, 9.17) is 14.8 Å². The van der Waals surface area contributed by atoms with E-state index in [0.717, 1.165) is 12.0 Å². The van der Waals surface area contributed by atoms with Crippen LogP contribution in [0.5, 0.6) is 0 Å². The van der Waals surface area contributed by atoms with Gasteiger partial charge in [0.25, 0.3) is 0 Å². The minimum Gasteiger partial charge on any atom is -0.383 e. The third-order valence-corrected chi connectivity index (χ3v) is 5.29. The largest absolute Gasteiger partial charge is 0.383 e. The van der Waals surface area contributed by atoms with Crippen molar-refractivity contribution < 1.29 is 13.6 Å². The molecule has 1 aromatic heterocycles. The smallest absolute Gasteiger partial charge is 0.353 e. The zero-order valence-electron chi connectivity index (χ0n) is 12.2. The molecule has 1 fully saturated rings. The predicted molar refractivity (Wildman–Crippen MR) is 81.0 cm³/mol. The Bertz CT molecular complexity index is 631. The first kappa shape index (κ1) is 15.9. The number of rotatable bonds is 7. The number of nitrogens with zero attached hydrogens (tertiary/aromatic N) is 2. The first-order valence-electron chi connectivity index (χ1n) is 6.90. The SMILES string of the molecule is CCOP(=O)(CC1C/C1=C/n1ccc(N)nc1=O)OCC. The molecule has 2 rings (SSSR count). The highest BCUT2D eigenvalue weighted by atomic mass is 31.2. The maximum Gasteiger partial charge on any atom is 0.353 e. The molecule has 0 saturated heterocycles. The molecule has 1 aliphatic rings. The quantitative estimate of drug-likeness (QED) is 0.773. The number of anilines is 1. The Morgan fingerprint density at radius 1 is 1.48 bits per heavy atom. The maximum atomic E-state index is 12.4. The van der Waals surface area contributed by atoms with Crippen LogP contribution in [0.1, 0.15) is 20.3 Å². The van der Waals surface area contributed by atoms with E-state index < -0.39 is 13.3 Å². The van der Waals surface area contributed by atoms with Crippen LogP contribution in [0.2, 0.25) is 0 Å². The fourth-order valence-corrected chi connectivity index (χ4v) is 4.05. The van der Waals surface area contributed by atoms with Crippen LogP contribution in [0.4, 0.5) is 5.82 Å². The fraction of sp³-hybridized carbons (Fsp3) is 0.538. The van der Waals surface area contributed by atoms with E-state index in [9.17, 15) is 9.36 Å². The summed E-state index contributed by atoms with van der Waals surface area (Å²) in [7, 11) is -3.04. The second-order valence-electron chi connectivity index (χ2n) is 4.78. The molecule has 1 atom stereocenters. The van der Waals surface area contributed by atoms with E-state index in [2.05, 4.69) is 4.98 Å². The van der Waals surface area contributed by atoms with E-state index in [0.29, 0.717) is 19.4 Å². The van der Waals surface area contributed by atoms with Crippen LogP contribution in [0.15, 0.2) is 22.6 Å². The fourth-order valence-electron chi connectivity index (χ4n) is 2.07. The zero-order chi connectivity index (χ0) is 15.5. The lowest BCUT2D eigenvalue weighted by atomic mass is 10.4. The number of hydrogen-bond acceptors (Lipinski definition) is 6. The van der Waals surface area contributed by atoms with Gasteiger partial charge in [0.15, 0.2) is 0 Å². The van der Waals surface area contributed by atoms with Crippen molar-refractivity contribution in [3.8, 4) is 0 Å². The molecule has 7 nitrogen and oxygen atoms in total. The number of hydrogen-bond donors (Lipinski definition) is 1. The Morgan fingerprint density at radius 3 is 2.71 bits per heavy atom. The number of nitrogen functional groups attached to an aromatic ring is 1. The van der Waals surface area contributed by atoms with E-state index >= 15 is 0 Å². The highest BCUT2D eigenvalue weighted by Gasteiger charge is 2.38. The minimum atomic E-state index is -3.04. The highest BCUT2D eigenvalue weighted by Crippen LogP contribution is 2.55. The van der Waals surface area contributed by atoms with Gasteiger partial charge in [-0.15, -0.1) is 0 Å². The van der Waals surface area contributed by atoms with Crippen molar-refractivity contribution in [3.05, 3.63) is 28.3 Å². The van der Waals surface area contributed by atoms with Gasteiger partial charge in [-0.1, -0.05) is 0 Å². The summed E-state index contributed by atoms with van der Waals surface area (Å²) in [6.07, 6.45) is 4.40. The Morgan fingerprint density at radius 2 is 2.14 bits per heavy atom. The molecule has 0 spiro atoms. The molecule has 21 heavy (non-hydrogen) atoms. The summed E-state index contributed by atoms with van der Waals surface area (Å²) in [5.74, 6) is 0.317. The van der Waals surface area contributed by atoms with E-state index in [-0.39, 0.29) is 11.7 Å². The van der Waals surface area contributed by atoms with Gasteiger partial charge >= 0.3 is 13.3 Å². The lowest BCUT2D eigenvalue weighted by Gasteiger charge is -2.16. The molecule has 8 heteroatoms. The summed E-state index contributed by atoms with van der Waals surface area (Å²) in [5.41, 5.74) is 6.04. The van der Waals surface area contributed by atoms with Crippen molar-refractivity contribution in [2.75, 3.05) is 25.1 Å². The first-order valence-corrected chi connectivity index (χ1v) is 8.63. The third kappa shape index (κ3) is 4.27. The van der Waals surface area contributed by atoms with Crippen molar-refractivity contribution in [3.63, 3.8) is 0 Å². The summed E-state index contributed by atoms with van der Waals surface area (Å²) in [5, 5.41) is 0. The van der Waals surface area contributed by atoms with Gasteiger partial charge in [-0.25, -0.2) is 4.79 Å². The summed E-state index contributed by atoms with van der Waals surface area (Å²) in [6, 6.07) is 1.56. The number of aromatic nitrogens is 2. The van der Waals surface area contributed by atoms with Crippen molar-refractivity contribution >= 4 is 19.6 Å². The number of allylic oxidation sites excluding steroid dienone is 1. The van der Waals surface area contributed by atoms with E-state index in [1.54, 1.807) is 32.3 Å². The average Bonchev–Trinajstić information content (AvgIpc) is 3.11. The van der Waals surface area contributed by atoms with Gasteiger partial charge in [-0.3, -0.25) is 9.13 Å². The second kappa shape index (κ2) is 6.56. The molecular weight excluding hydrogens is 293 g/mol. The molecule has 0 radical (unpaired) electrons. The molecule has 116 valence electrons. The molecule has 1 heterocycles. The lowest BCUT2D eigenvalue weighted by Crippen LogP contribution is -2.19. The topological polar surface area (TPSA) is 96.4 Å². The van der Waals surface area contributed by atoms with Crippen LogP contribution in [-0.4, -0.2) is 28.9 Å². The third-order valence-electron chi connectivity index (χ3n) is 3.10. The van der Waals surface area contributed by atoms with Crippen LogP contribution in [0.25, 0.3) is 6.20 Å². The van der Waals surface area contributed by atoms with Gasteiger partial charge in [0.05, 0.1) is 19.4 Å². The molecule has 0 amide bonds. The molecule has 0 aromatic carbocycles. The molecule has 1 saturated carbocycles. The summed E-state index contributed by atoms with van der Waals surface area (Å²) >= 11 is 0. The molecule has 1 unspecified atom stereocenters. The number of nitrogens with two attached hydrogens (primary N) is 1. The Labute approximate surface area is 123 Å². The maximum absolute atomic E-state index is 12.4. The average molecular weight is 313 g/mol. The van der Waals surface area contributed by atoms with Crippen LogP contribution in [0.3, 0.4) is 0 Å². The van der Waals surface area contributed by atoms with Gasteiger partial charge < -0.3 is 14.8 Å². The molecular formula is C13H20N3O4P. The van der Waals surface area contributed by atoms with E-state index in [1.165, 1.54) is 4.57 Å².